The maximum atomic E-state index is 12.7. The number of hydrogen-bond acceptors (Lipinski definition) is 5. The van der Waals surface area contributed by atoms with Gasteiger partial charge in [0.15, 0.2) is 0 Å². The van der Waals surface area contributed by atoms with Crippen LogP contribution in [0, 0.1) is 0 Å². The Morgan fingerprint density at radius 1 is 1.18 bits per heavy atom. The number of amides is 3. The molecule has 1 saturated heterocycles. The van der Waals surface area contributed by atoms with Crippen LogP contribution in [0.4, 0.5) is 4.79 Å². The minimum Gasteiger partial charge on any atom is -0.479 e. The number of hydrogen-bond donors (Lipinski definition) is 2. The summed E-state index contributed by atoms with van der Waals surface area (Å²) < 4.78 is 6.78. The lowest BCUT2D eigenvalue weighted by atomic mass is 9.96. The lowest BCUT2D eigenvalue weighted by molar-refractivity contribution is 0.0636. The van der Waals surface area contributed by atoms with Crippen molar-refractivity contribution in [3.63, 3.8) is 0 Å². The summed E-state index contributed by atoms with van der Waals surface area (Å²) >= 11 is 0. The number of carbonyl (C=O) groups is 2. The first-order valence-electron chi connectivity index (χ1n) is 10.2. The van der Waals surface area contributed by atoms with Gasteiger partial charge in [-0.05, 0) is 12.8 Å². The zero-order valence-electron chi connectivity index (χ0n) is 16.9. The van der Waals surface area contributed by atoms with Gasteiger partial charge in [0.1, 0.15) is 5.56 Å². The average Bonchev–Trinajstić information content (AvgIpc) is 3.09. The van der Waals surface area contributed by atoms with Gasteiger partial charge >= 0.3 is 6.03 Å². The van der Waals surface area contributed by atoms with Crippen LogP contribution in [0.25, 0.3) is 0 Å². The van der Waals surface area contributed by atoms with Crippen molar-refractivity contribution < 1.29 is 14.3 Å². The molecule has 0 aromatic carbocycles. The van der Waals surface area contributed by atoms with Crippen molar-refractivity contribution >= 4 is 11.9 Å². The van der Waals surface area contributed by atoms with Crippen LogP contribution < -0.4 is 15.4 Å². The Balaban J connectivity index is 1.36. The van der Waals surface area contributed by atoms with E-state index in [1.807, 2.05) is 4.90 Å². The minimum absolute atomic E-state index is 0.0467. The SMILES string of the molecule is COc1nn(C)cc1C(=O)N1CCN(CCNC(=O)NC2CCCCC2)CC1. The van der Waals surface area contributed by atoms with Gasteiger partial charge < -0.3 is 20.3 Å². The molecule has 1 aliphatic heterocycles. The smallest absolute Gasteiger partial charge is 0.315 e. The molecule has 9 nitrogen and oxygen atoms in total. The molecule has 2 fully saturated rings. The van der Waals surface area contributed by atoms with E-state index in [2.05, 4.69) is 20.6 Å². The van der Waals surface area contributed by atoms with E-state index in [9.17, 15) is 9.59 Å². The average molecular weight is 393 g/mol. The molecule has 0 radical (unpaired) electrons. The molecular formula is C19H32N6O3. The highest BCUT2D eigenvalue weighted by Gasteiger charge is 2.26. The Kier molecular flexibility index (Phi) is 7.13. The molecule has 28 heavy (non-hydrogen) atoms. The second kappa shape index (κ2) is 9.77. The van der Waals surface area contributed by atoms with Crippen LogP contribution in [-0.4, -0.2) is 83.9 Å². The number of aryl methyl sites for hydroxylation is 1. The quantitative estimate of drug-likeness (QED) is 0.748. The lowest BCUT2D eigenvalue weighted by Crippen LogP contribution is -2.51. The van der Waals surface area contributed by atoms with Gasteiger partial charge in [-0.25, -0.2) is 4.79 Å². The Labute approximate surface area is 166 Å². The Morgan fingerprint density at radius 2 is 1.89 bits per heavy atom. The van der Waals surface area contributed by atoms with Gasteiger partial charge in [-0.15, -0.1) is 5.10 Å². The molecule has 2 aliphatic rings. The van der Waals surface area contributed by atoms with Crippen molar-refractivity contribution in [1.29, 1.82) is 0 Å². The van der Waals surface area contributed by atoms with Crippen molar-refractivity contribution in [3.8, 4) is 5.88 Å². The van der Waals surface area contributed by atoms with Crippen molar-refractivity contribution in [1.82, 2.24) is 30.2 Å². The molecule has 9 heteroatoms. The van der Waals surface area contributed by atoms with E-state index in [1.165, 1.54) is 26.4 Å². The highest BCUT2D eigenvalue weighted by molar-refractivity contribution is 5.96. The molecule has 0 bridgehead atoms. The van der Waals surface area contributed by atoms with Crippen molar-refractivity contribution in [2.24, 2.45) is 7.05 Å². The first kappa shape index (κ1) is 20.4. The second-order valence-corrected chi connectivity index (χ2v) is 7.59. The Hall–Kier alpha value is -2.29. The standard InChI is InChI=1S/C19H32N6O3/c1-23-14-16(17(22-23)28-2)18(26)25-12-10-24(11-13-25)9-8-20-19(27)21-15-6-4-3-5-7-15/h14-15H,3-13H2,1-2H3,(H2,20,21,27). The fourth-order valence-electron chi connectivity index (χ4n) is 3.92. The molecule has 1 aromatic heterocycles. The number of nitrogens with zero attached hydrogens (tertiary/aromatic N) is 4. The van der Waals surface area contributed by atoms with E-state index < -0.39 is 0 Å². The Morgan fingerprint density at radius 3 is 2.57 bits per heavy atom. The van der Waals surface area contributed by atoms with Crippen LogP contribution in [0.3, 0.4) is 0 Å². The summed E-state index contributed by atoms with van der Waals surface area (Å²) in [5, 5.41) is 10.2. The number of ether oxygens (including phenoxy) is 1. The summed E-state index contributed by atoms with van der Waals surface area (Å²) in [7, 11) is 3.29. The normalized spacial score (nSPS) is 18.7. The third-order valence-electron chi connectivity index (χ3n) is 5.53. The number of carbonyl (C=O) groups excluding carboxylic acids is 2. The molecule has 156 valence electrons. The van der Waals surface area contributed by atoms with Crippen LogP contribution in [0.1, 0.15) is 42.5 Å². The zero-order chi connectivity index (χ0) is 19.9. The van der Waals surface area contributed by atoms with E-state index in [1.54, 1.807) is 17.9 Å². The van der Waals surface area contributed by atoms with E-state index in [0.717, 1.165) is 32.5 Å². The van der Waals surface area contributed by atoms with Crippen LogP contribution in [0.15, 0.2) is 6.20 Å². The van der Waals surface area contributed by atoms with Gasteiger partial charge in [0, 0.05) is 58.6 Å². The third kappa shape index (κ3) is 5.37. The van der Waals surface area contributed by atoms with Gasteiger partial charge in [0.25, 0.3) is 5.91 Å². The van der Waals surface area contributed by atoms with Gasteiger partial charge in [0.05, 0.1) is 7.11 Å². The zero-order valence-corrected chi connectivity index (χ0v) is 16.9. The molecule has 0 unspecified atom stereocenters. The monoisotopic (exact) mass is 392 g/mol. The highest BCUT2D eigenvalue weighted by atomic mass is 16.5. The van der Waals surface area contributed by atoms with E-state index >= 15 is 0 Å². The van der Waals surface area contributed by atoms with Crippen LogP contribution in [-0.2, 0) is 7.05 Å². The molecule has 3 amide bonds. The topological polar surface area (TPSA) is 91.7 Å². The van der Waals surface area contributed by atoms with Crippen molar-refractivity contribution in [3.05, 3.63) is 11.8 Å². The fraction of sp³-hybridized carbons (Fsp3) is 0.737. The summed E-state index contributed by atoms with van der Waals surface area (Å²) in [5.41, 5.74) is 0.500. The number of urea groups is 1. The highest BCUT2D eigenvalue weighted by Crippen LogP contribution is 2.18. The van der Waals surface area contributed by atoms with Crippen LogP contribution >= 0.6 is 0 Å². The fourth-order valence-corrected chi connectivity index (χ4v) is 3.92. The molecule has 3 rings (SSSR count). The Bertz CT molecular complexity index is 663. The number of methoxy groups -OCH3 is 1. The summed E-state index contributed by atoms with van der Waals surface area (Å²) in [4.78, 5) is 28.8. The number of nitrogens with one attached hydrogen (secondary N) is 2. The van der Waals surface area contributed by atoms with Gasteiger partial charge in [-0.3, -0.25) is 14.4 Å². The predicted molar refractivity (Wildman–Crippen MR) is 106 cm³/mol. The molecule has 1 aliphatic carbocycles. The summed E-state index contributed by atoms with van der Waals surface area (Å²) in [6.07, 6.45) is 7.57. The largest absolute Gasteiger partial charge is 0.479 e. The van der Waals surface area contributed by atoms with E-state index in [-0.39, 0.29) is 11.9 Å². The molecule has 1 saturated carbocycles. The molecular weight excluding hydrogens is 360 g/mol. The van der Waals surface area contributed by atoms with Crippen molar-refractivity contribution in [2.45, 2.75) is 38.1 Å². The molecule has 2 N–H and O–H groups in total. The second-order valence-electron chi connectivity index (χ2n) is 7.59. The predicted octanol–water partition coefficient (Wildman–Crippen LogP) is 0.818. The summed E-state index contributed by atoms with van der Waals surface area (Å²) in [5.74, 6) is 0.317. The molecule has 0 atom stereocenters. The number of piperazine rings is 1. The van der Waals surface area contributed by atoms with Crippen LogP contribution in [0.2, 0.25) is 0 Å². The lowest BCUT2D eigenvalue weighted by Gasteiger charge is -2.34. The van der Waals surface area contributed by atoms with Crippen molar-refractivity contribution in [2.75, 3.05) is 46.4 Å². The van der Waals surface area contributed by atoms with E-state index in [4.69, 9.17) is 4.74 Å². The number of aromatic nitrogens is 2. The van der Waals surface area contributed by atoms with Crippen LogP contribution in [0.5, 0.6) is 5.88 Å². The third-order valence-corrected chi connectivity index (χ3v) is 5.53. The van der Waals surface area contributed by atoms with E-state index in [0.29, 0.717) is 37.1 Å². The van der Waals surface area contributed by atoms with Gasteiger partial charge in [-0.1, -0.05) is 19.3 Å². The van der Waals surface area contributed by atoms with Gasteiger partial charge in [0.2, 0.25) is 5.88 Å². The molecule has 0 spiro atoms. The summed E-state index contributed by atoms with van der Waals surface area (Å²) in [6, 6.07) is 0.261. The first-order valence-corrected chi connectivity index (χ1v) is 10.2. The first-order chi connectivity index (χ1) is 13.6. The minimum atomic E-state index is -0.0654. The maximum Gasteiger partial charge on any atom is 0.315 e. The summed E-state index contributed by atoms with van der Waals surface area (Å²) in [6.45, 7) is 4.30. The number of rotatable bonds is 6. The molecule has 2 heterocycles. The molecule has 1 aromatic rings. The maximum absolute atomic E-state index is 12.7. The van der Waals surface area contributed by atoms with Gasteiger partial charge in [-0.2, -0.15) is 0 Å².